The molecule has 4 heteroatoms. The molecule has 0 spiro atoms. The smallest absolute Gasteiger partial charge is 0.0730 e. The number of rotatable bonds is 0. The van der Waals surface area contributed by atoms with Crippen molar-refractivity contribution in [3.63, 3.8) is 0 Å². The van der Waals surface area contributed by atoms with Crippen molar-refractivity contribution in [2.45, 2.75) is 0 Å². The van der Waals surface area contributed by atoms with Crippen molar-refractivity contribution in [2.24, 2.45) is 0 Å². The van der Waals surface area contributed by atoms with E-state index in [4.69, 9.17) is 11.5 Å². The molecule has 0 saturated carbocycles. The molecule has 4 N–H and O–H groups in total. The van der Waals surface area contributed by atoms with Gasteiger partial charge >= 0.3 is 0 Å². The summed E-state index contributed by atoms with van der Waals surface area (Å²) in [4.78, 5) is 4.54. The summed E-state index contributed by atoms with van der Waals surface area (Å²) in [7, 11) is 0. The lowest BCUT2D eigenvalue weighted by Crippen LogP contribution is -1.90. The first-order valence-corrected chi connectivity index (χ1v) is 5.08. The maximum absolute atomic E-state index is 5.91. The van der Waals surface area contributed by atoms with Gasteiger partial charge < -0.3 is 11.5 Å². The summed E-state index contributed by atoms with van der Waals surface area (Å²) in [5.41, 5.74) is 14.9. The van der Waals surface area contributed by atoms with Gasteiger partial charge in [0.1, 0.15) is 0 Å². The van der Waals surface area contributed by atoms with Gasteiger partial charge in [-0.3, -0.25) is 0 Å². The van der Waals surface area contributed by atoms with Crippen LogP contribution in [0.4, 0.5) is 11.4 Å². The molecule has 0 aliphatic carbocycles. The lowest BCUT2D eigenvalue weighted by molar-refractivity contribution is 1.50. The topological polar surface area (TPSA) is 64.9 Å². The van der Waals surface area contributed by atoms with E-state index in [0.717, 1.165) is 33.2 Å². The van der Waals surface area contributed by atoms with Crippen LogP contribution < -0.4 is 11.5 Å². The van der Waals surface area contributed by atoms with E-state index in [0.29, 0.717) is 0 Å². The summed E-state index contributed by atoms with van der Waals surface area (Å²) in [6.07, 6.45) is 0. The Bertz CT molecular complexity index is 694. The quantitative estimate of drug-likeness (QED) is 0.473. The summed E-state index contributed by atoms with van der Waals surface area (Å²) in [5, 5.41) is 2.04. The molecule has 0 unspecified atom stereocenters. The Balaban J connectivity index is 0.00000108. The molecule has 0 saturated heterocycles. The number of nitrogen functional groups attached to an aromatic ring is 2. The van der Waals surface area contributed by atoms with Gasteiger partial charge in [0.15, 0.2) is 0 Å². The minimum Gasteiger partial charge on any atom is -0.399 e. The second-order valence-corrected chi connectivity index (χ2v) is 3.85. The zero-order chi connectivity index (χ0) is 11.1. The van der Waals surface area contributed by atoms with Crippen molar-refractivity contribution in [1.29, 1.82) is 0 Å². The maximum Gasteiger partial charge on any atom is 0.0730 e. The van der Waals surface area contributed by atoms with Crippen LogP contribution in [0.3, 0.4) is 0 Å². The molecule has 3 rings (SSSR count). The first-order valence-electron chi connectivity index (χ1n) is 5.08. The van der Waals surface area contributed by atoms with Gasteiger partial charge in [-0.1, -0.05) is 12.1 Å². The van der Waals surface area contributed by atoms with Crippen LogP contribution in [-0.2, 0) is 0 Å². The van der Waals surface area contributed by atoms with E-state index in [1.807, 2.05) is 42.5 Å². The zero-order valence-electron chi connectivity index (χ0n) is 9.05. The Morgan fingerprint density at radius 1 is 0.882 bits per heavy atom. The van der Waals surface area contributed by atoms with Gasteiger partial charge in [-0.05, 0) is 30.3 Å². The van der Waals surface area contributed by atoms with Crippen LogP contribution in [0.25, 0.3) is 21.8 Å². The van der Waals surface area contributed by atoms with Crippen molar-refractivity contribution in [3.8, 4) is 0 Å². The fourth-order valence-corrected chi connectivity index (χ4v) is 1.89. The highest BCUT2D eigenvalue weighted by molar-refractivity contribution is 5.99. The molecule has 3 aromatic rings. The lowest BCUT2D eigenvalue weighted by atomic mass is 10.1. The molecule has 0 fully saturated rings. The van der Waals surface area contributed by atoms with Crippen LogP contribution in [-0.4, -0.2) is 4.98 Å². The van der Waals surface area contributed by atoms with E-state index >= 15 is 0 Å². The van der Waals surface area contributed by atoms with Crippen LogP contribution >= 0.6 is 12.4 Å². The molecule has 17 heavy (non-hydrogen) atoms. The fourth-order valence-electron chi connectivity index (χ4n) is 1.89. The standard InChI is InChI=1S/C13H11N3.ClH/c14-9-5-4-8-6-10-11(15)2-1-3-12(10)16-13(8)7-9;/h1-7H,14-15H2;1H. The third-order valence-corrected chi connectivity index (χ3v) is 2.71. The number of hydrogen-bond acceptors (Lipinski definition) is 3. The minimum absolute atomic E-state index is 0. The van der Waals surface area contributed by atoms with E-state index in [-0.39, 0.29) is 12.4 Å². The number of benzene rings is 2. The molecule has 0 aliphatic heterocycles. The summed E-state index contributed by atoms with van der Waals surface area (Å²) < 4.78 is 0. The second kappa shape index (κ2) is 4.11. The maximum atomic E-state index is 5.91. The average Bonchev–Trinajstić information content (AvgIpc) is 2.27. The number of anilines is 2. The van der Waals surface area contributed by atoms with Crippen LogP contribution in [0.15, 0.2) is 42.5 Å². The number of hydrogen-bond donors (Lipinski definition) is 2. The van der Waals surface area contributed by atoms with E-state index in [1.165, 1.54) is 0 Å². The van der Waals surface area contributed by atoms with Crippen molar-refractivity contribution in [1.82, 2.24) is 4.98 Å². The number of halogens is 1. The van der Waals surface area contributed by atoms with Gasteiger partial charge in [0.25, 0.3) is 0 Å². The molecule has 86 valence electrons. The van der Waals surface area contributed by atoms with Crippen LogP contribution in [0.1, 0.15) is 0 Å². The Kier molecular flexibility index (Phi) is 2.77. The van der Waals surface area contributed by atoms with Gasteiger partial charge in [0, 0.05) is 22.1 Å². The van der Waals surface area contributed by atoms with E-state index < -0.39 is 0 Å². The van der Waals surface area contributed by atoms with Gasteiger partial charge in [-0.15, -0.1) is 12.4 Å². The number of nitrogens with zero attached hydrogens (tertiary/aromatic N) is 1. The molecule has 0 radical (unpaired) electrons. The van der Waals surface area contributed by atoms with Crippen molar-refractivity contribution in [2.75, 3.05) is 11.5 Å². The molecule has 2 aromatic carbocycles. The van der Waals surface area contributed by atoms with Crippen LogP contribution in [0.2, 0.25) is 0 Å². The largest absolute Gasteiger partial charge is 0.399 e. The third-order valence-electron chi connectivity index (χ3n) is 2.71. The van der Waals surface area contributed by atoms with Gasteiger partial charge in [0.2, 0.25) is 0 Å². The molecular weight excluding hydrogens is 234 g/mol. The van der Waals surface area contributed by atoms with Gasteiger partial charge in [-0.2, -0.15) is 0 Å². The molecule has 0 aliphatic rings. The van der Waals surface area contributed by atoms with Crippen molar-refractivity contribution < 1.29 is 0 Å². The minimum atomic E-state index is 0. The van der Waals surface area contributed by atoms with Crippen LogP contribution in [0, 0.1) is 0 Å². The molecular formula is C13H12ClN3. The Hall–Kier alpha value is -2.00. The molecule has 3 nitrogen and oxygen atoms in total. The number of nitrogens with two attached hydrogens (primary N) is 2. The van der Waals surface area contributed by atoms with E-state index in [1.54, 1.807) is 0 Å². The molecule has 1 heterocycles. The lowest BCUT2D eigenvalue weighted by Gasteiger charge is -2.04. The molecule has 1 aromatic heterocycles. The number of pyridine rings is 1. The molecule has 0 bridgehead atoms. The van der Waals surface area contributed by atoms with E-state index in [2.05, 4.69) is 4.98 Å². The predicted octanol–water partition coefficient (Wildman–Crippen LogP) is 2.97. The normalized spacial score (nSPS) is 10.4. The highest BCUT2D eigenvalue weighted by atomic mass is 35.5. The fraction of sp³-hybridized carbons (Fsp3) is 0. The average molecular weight is 246 g/mol. The van der Waals surface area contributed by atoms with Gasteiger partial charge in [-0.25, -0.2) is 4.98 Å². The Morgan fingerprint density at radius 3 is 2.53 bits per heavy atom. The summed E-state index contributed by atoms with van der Waals surface area (Å²) in [5.74, 6) is 0. The highest BCUT2D eigenvalue weighted by Crippen LogP contribution is 2.24. The monoisotopic (exact) mass is 245 g/mol. The first-order chi connectivity index (χ1) is 7.74. The predicted molar refractivity (Wildman–Crippen MR) is 75.3 cm³/mol. The Morgan fingerprint density at radius 2 is 1.71 bits per heavy atom. The first kappa shape index (κ1) is 11.5. The van der Waals surface area contributed by atoms with Crippen molar-refractivity contribution >= 4 is 45.6 Å². The Labute approximate surface area is 105 Å². The van der Waals surface area contributed by atoms with Gasteiger partial charge in [0.05, 0.1) is 11.0 Å². The third kappa shape index (κ3) is 1.85. The SMILES string of the molecule is Cl.Nc1ccc2cc3c(N)cccc3nc2c1. The summed E-state index contributed by atoms with van der Waals surface area (Å²) in [6.45, 7) is 0. The summed E-state index contributed by atoms with van der Waals surface area (Å²) >= 11 is 0. The zero-order valence-corrected chi connectivity index (χ0v) is 9.87. The second-order valence-electron chi connectivity index (χ2n) is 3.85. The van der Waals surface area contributed by atoms with Crippen LogP contribution in [0.5, 0.6) is 0 Å². The van der Waals surface area contributed by atoms with E-state index in [9.17, 15) is 0 Å². The molecule has 0 atom stereocenters. The molecule has 0 amide bonds. The number of aromatic nitrogens is 1. The van der Waals surface area contributed by atoms with Crippen molar-refractivity contribution in [3.05, 3.63) is 42.5 Å². The number of fused-ring (bicyclic) bond motifs is 2. The highest BCUT2D eigenvalue weighted by Gasteiger charge is 2.02. The summed E-state index contributed by atoms with van der Waals surface area (Å²) in [6, 6.07) is 13.5.